The Morgan fingerprint density at radius 3 is 2.27 bits per heavy atom. The summed E-state index contributed by atoms with van der Waals surface area (Å²) >= 11 is 1.79. The van der Waals surface area contributed by atoms with Gasteiger partial charge in [-0.25, -0.2) is 0 Å². The molecule has 0 bridgehead atoms. The van der Waals surface area contributed by atoms with Crippen LogP contribution in [-0.2, 0) is 11.2 Å². The number of rotatable bonds is 8. The highest BCUT2D eigenvalue weighted by molar-refractivity contribution is 8.02. The summed E-state index contributed by atoms with van der Waals surface area (Å²) in [6, 6.07) is 21.0. The molecule has 0 spiro atoms. The van der Waals surface area contributed by atoms with Crippen molar-refractivity contribution in [1.29, 1.82) is 0 Å². The van der Waals surface area contributed by atoms with E-state index in [9.17, 15) is 0 Å². The first-order chi connectivity index (χ1) is 10.8. The summed E-state index contributed by atoms with van der Waals surface area (Å²) in [6.45, 7) is 0.714. The first-order valence-electron chi connectivity index (χ1n) is 7.58. The van der Waals surface area contributed by atoms with E-state index in [4.69, 9.17) is 4.74 Å². The molecule has 2 aromatic rings. The highest BCUT2D eigenvalue weighted by Crippen LogP contribution is 2.23. The monoisotopic (exact) mass is 314 g/mol. The summed E-state index contributed by atoms with van der Waals surface area (Å²) in [5.41, 5.74) is 2.64. The normalized spacial score (nSPS) is 12.7. The fourth-order valence-corrected chi connectivity index (χ4v) is 3.10. The standard InChI is InChI=1S/C19H23NOS/c1-20(2)19(18-11-7-4-8-12-18)22-16-15-21-14-13-17-9-5-3-6-10-17/h3-12,15-16,19H,13-14H2,1-2H3/p+1/b16-15+. The van der Waals surface area contributed by atoms with Gasteiger partial charge < -0.3 is 9.64 Å². The van der Waals surface area contributed by atoms with Crippen LogP contribution in [0.25, 0.3) is 0 Å². The van der Waals surface area contributed by atoms with E-state index >= 15 is 0 Å². The molecule has 0 heterocycles. The van der Waals surface area contributed by atoms with E-state index in [0.717, 1.165) is 6.42 Å². The van der Waals surface area contributed by atoms with Gasteiger partial charge in [-0.3, -0.25) is 0 Å². The molecule has 0 aliphatic carbocycles. The van der Waals surface area contributed by atoms with Gasteiger partial charge in [-0.05, 0) is 5.56 Å². The van der Waals surface area contributed by atoms with Gasteiger partial charge in [0, 0.05) is 17.4 Å². The highest BCUT2D eigenvalue weighted by atomic mass is 32.2. The second kappa shape index (κ2) is 9.34. The molecule has 2 aromatic carbocycles. The van der Waals surface area contributed by atoms with Crippen molar-refractivity contribution in [3.8, 4) is 0 Å². The molecule has 2 rings (SSSR count). The lowest BCUT2D eigenvalue weighted by Crippen LogP contribution is -3.05. The van der Waals surface area contributed by atoms with Crippen molar-refractivity contribution in [1.82, 2.24) is 0 Å². The zero-order chi connectivity index (χ0) is 15.6. The molecule has 0 aromatic heterocycles. The molecule has 2 nitrogen and oxygen atoms in total. The zero-order valence-electron chi connectivity index (χ0n) is 13.2. The molecule has 0 aliphatic heterocycles. The van der Waals surface area contributed by atoms with Crippen LogP contribution in [0.4, 0.5) is 0 Å². The Morgan fingerprint density at radius 2 is 1.64 bits per heavy atom. The minimum atomic E-state index is 0.384. The summed E-state index contributed by atoms with van der Waals surface area (Å²) in [6.07, 6.45) is 2.75. The SMILES string of the molecule is C[NH+](C)C(S/C=C/OCCc1ccccc1)c1ccccc1. The first kappa shape index (κ1) is 16.7. The molecule has 0 fully saturated rings. The second-order valence-electron chi connectivity index (χ2n) is 5.38. The summed E-state index contributed by atoms with van der Waals surface area (Å²) in [5.74, 6) is 0. The summed E-state index contributed by atoms with van der Waals surface area (Å²) in [5, 5.41) is 2.44. The van der Waals surface area contributed by atoms with Gasteiger partial charge >= 0.3 is 0 Å². The van der Waals surface area contributed by atoms with E-state index in [1.165, 1.54) is 16.0 Å². The highest BCUT2D eigenvalue weighted by Gasteiger charge is 2.16. The number of quaternary nitrogens is 1. The molecular formula is C19H24NOS+. The molecule has 1 unspecified atom stereocenters. The summed E-state index contributed by atoms with van der Waals surface area (Å²) in [4.78, 5) is 1.39. The van der Waals surface area contributed by atoms with Crippen LogP contribution >= 0.6 is 11.8 Å². The van der Waals surface area contributed by atoms with Gasteiger partial charge in [0.15, 0.2) is 5.37 Å². The van der Waals surface area contributed by atoms with Gasteiger partial charge in [0.1, 0.15) is 0 Å². The largest absolute Gasteiger partial charge is 0.500 e. The third-order valence-corrected chi connectivity index (χ3v) is 4.63. The van der Waals surface area contributed by atoms with E-state index in [2.05, 4.69) is 74.1 Å². The van der Waals surface area contributed by atoms with Crippen molar-refractivity contribution in [3.63, 3.8) is 0 Å². The quantitative estimate of drug-likeness (QED) is 0.456. The van der Waals surface area contributed by atoms with Crippen molar-refractivity contribution >= 4 is 11.8 Å². The van der Waals surface area contributed by atoms with Crippen molar-refractivity contribution < 1.29 is 9.64 Å². The Hall–Kier alpha value is -1.71. The van der Waals surface area contributed by atoms with Gasteiger partial charge in [0.05, 0.1) is 27.0 Å². The lowest BCUT2D eigenvalue weighted by molar-refractivity contribution is -0.875. The van der Waals surface area contributed by atoms with Crippen LogP contribution in [0.3, 0.4) is 0 Å². The van der Waals surface area contributed by atoms with Crippen LogP contribution in [0, 0.1) is 0 Å². The Bertz CT molecular complexity index is 554. The molecule has 0 saturated heterocycles. The molecule has 0 aliphatic rings. The predicted octanol–water partition coefficient (Wildman–Crippen LogP) is 3.29. The van der Waals surface area contributed by atoms with E-state index in [1.54, 1.807) is 11.8 Å². The maximum atomic E-state index is 5.59. The van der Waals surface area contributed by atoms with Gasteiger partial charge in [0.2, 0.25) is 0 Å². The molecule has 22 heavy (non-hydrogen) atoms. The van der Waals surface area contributed by atoms with Gasteiger partial charge in [-0.2, -0.15) is 0 Å². The van der Waals surface area contributed by atoms with Crippen LogP contribution in [0.5, 0.6) is 0 Å². The first-order valence-corrected chi connectivity index (χ1v) is 8.52. The molecule has 0 amide bonds. The fourth-order valence-electron chi connectivity index (χ4n) is 2.22. The van der Waals surface area contributed by atoms with Crippen LogP contribution in [0.15, 0.2) is 72.3 Å². The van der Waals surface area contributed by atoms with E-state index in [0.29, 0.717) is 12.0 Å². The van der Waals surface area contributed by atoms with Crippen molar-refractivity contribution in [3.05, 3.63) is 83.5 Å². The fraction of sp³-hybridized carbons (Fsp3) is 0.263. The van der Waals surface area contributed by atoms with Gasteiger partial charge in [-0.15, -0.1) is 0 Å². The van der Waals surface area contributed by atoms with Crippen molar-refractivity contribution in [2.75, 3.05) is 20.7 Å². The van der Waals surface area contributed by atoms with E-state index in [1.807, 2.05) is 12.3 Å². The van der Waals surface area contributed by atoms with Crippen molar-refractivity contribution in [2.24, 2.45) is 0 Å². The third-order valence-electron chi connectivity index (χ3n) is 3.34. The lowest BCUT2D eigenvalue weighted by atomic mass is 10.2. The molecular weight excluding hydrogens is 290 g/mol. The number of benzene rings is 2. The molecule has 3 heteroatoms. The molecule has 1 N–H and O–H groups in total. The number of ether oxygens (including phenoxy) is 1. The minimum absolute atomic E-state index is 0.384. The van der Waals surface area contributed by atoms with Crippen LogP contribution in [0.2, 0.25) is 0 Å². The number of hydrogen-bond acceptors (Lipinski definition) is 2. The Kier molecular flexibility index (Phi) is 7.07. The minimum Gasteiger partial charge on any atom is -0.500 e. The van der Waals surface area contributed by atoms with Gasteiger partial charge in [0.25, 0.3) is 0 Å². The Labute approximate surface area is 137 Å². The number of hydrogen-bond donors (Lipinski definition) is 1. The molecule has 116 valence electrons. The third kappa shape index (κ3) is 5.58. The zero-order valence-corrected chi connectivity index (χ0v) is 14.1. The smallest absolute Gasteiger partial charge is 0.163 e. The average Bonchev–Trinajstić information content (AvgIpc) is 2.55. The van der Waals surface area contributed by atoms with E-state index in [-0.39, 0.29) is 0 Å². The average molecular weight is 314 g/mol. The number of nitrogens with one attached hydrogen (secondary N) is 1. The van der Waals surface area contributed by atoms with Crippen LogP contribution < -0.4 is 4.90 Å². The number of thioether (sulfide) groups is 1. The van der Waals surface area contributed by atoms with Crippen LogP contribution in [0.1, 0.15) is 16.5 Å². The molecule has 0 radical (unpaired) electrons. The summed E-state index contributed by atoms with van der Waals surface area (Å²) < 4.78 is 5.59. The van der Waals surface area contributed by atoms with Gasteiger partial charge in [-0.1, -0.05) is 72.4 Å². The predicted molar refractivity (Wildman–Crippen MR) is 94.8 cm³/mol. The maximum absolute atomic E-state index is 5.59. The summed E-state index contributed by atoms with van der Waals surface area (Å²) in [7, 11) is 4.35. The van der Waals surface area contributed by atoms with E-state index < -0.39 is 0 Å². The molecule has 1 atom stereocenters. The maximum Gasteiger partial charge on any atom is 0.163 e. The van der Waals surface area contributed by atoms with Crippen LogP contribution in [-0.4, -0.2) is 20.7 Å². The molecule has 0 saturated carbocycles. The van der Waals surface area contributed by atoms with Crippen molar-refractivity contribution in [2.45, 2.75) is 11.8 Å². The topological polar surface area (TPSA) is 13.7 Å². The lowest BCUT2D eigenvalue weighted by Gasteiger charge is -2.19. The Balaban J connectivity index is 1.75. The Morgan fingerprint density at radius 1 is 1.00 bits per heavy atom. The second-order valence-corrected chi connectivity index (χ2v) is 6.40.